The molecule has 1 aliphatic rings. The number of carboxylic acids is 1. The van der Waals surface area contributed by atoms with Crippen molar-refractivity contribution in [1.29, 1.82) is 0 Å². The van der Waals surface area contributed by atoms with Gasteiger partial charge in [0, 0.05) is 24.3 Å². The fourth-order valence-corrected chi connectivity index (χ4v) is 4.96. The van der Waals surface area contributed by atoms with Crippen molar-refractivity contribution in [2.24, 2.45) is 5.92 Å². The summed E-state index contributed by atoms with van der Waals surface area (Å²) in [5.74, 6) is -1.88. The number of aliphatic carboxylic acids is 1. The van der Waals surface area contributed by atoms with E-state index in [1.54, 1.807) is 19.2 Å². The van der Waals surface area contributed by atoms with Gasteiger partial charge in [0.15, 0.2) is 0 Å². The molecule has 0 aliphatic heterocycles. The molecule has 1 atom stereocenters. The number of amides is 2. The van der Waals surface area contributed by atoms with E-state index in [-0.39, 0.29) is 24.1 Å². The topological polar surface area (TPSA) is 118 Å². The number of carbonyl (C=O) groups excluding carboxylic acids is 2. The normalized spacial score (nSPS) is 13.1. The summed E-state index contributed by atoms with van der Waals surface area (Å²) in [5, 5.41) is 16.7. The number of alkyl carbamates (subject to hydrolysis) is 1. The maximum Gasteiger partial charge on any atom is 0.407 e. The van der Waals surface area contributed by atoms with Crippen molar-refractivity contribution in [3.8, 4) is 11.1 Å². The van der Waals surface area contributed by atoms with E-state index in [9.17, 15) is 19.5 Å². The molecule has 1 aliphatic carbocycles. The third-order valence-corrected chi connectivity index (χ3v) is 6.86. The molecule has 0 saturated carbocycles. The Morgan fingerprint density at radius 1 is 1.06 bits per heavy atom. The predicted molar refractivity (Wildman–Crippen MR) is 133 cm³/mol. The average molecular weight is 494 g/mol. The van der Waals surface area contributed by atoms with Crippen LogP contribution in [-0.4, -0.2) is 47.3 Å². The Morgan fingerprint density at radius 3 is 2.29 bits per heavy atom. The van der Waals surface area contributed by atoms with Gasteiger partial charge in [-0.25, -0.2) is 14.6 Å². The van der Waals surface area contributed by atoms with Crippen molar-refractivity contribution in [1.82, 2.24) is 15.6 Å². The smallest absolute Gasteiger partial charge is 0.407 e. The second kappa shape index (κ2) is 10.7. The largest absolute Gasteiger partial charge is 0.480 e. The lowest BCUT2D eigenvalue weighted by Gasteiger charge is -2.16. The molecule has 4 rings (SSSR count). The zero-order valence-corrected chi connectivity index (χ0v) is 20.3. The summed E-state index contributed by atoms with van der Waals surface area (Å²) >= 11 is 1.28. The highest BCUT2D eigenvalue weighted by molar-refractivity contribution is 7.09. The van der Waals surface area contributed by atoms with E-state index in [1.807, 2.05) is 24.3 Å². The monoisotopic (exact) mass is 493 g/mol. The number of carboxylic acid groups (broad SMARTS) is 1. The maximum atomic E-state index is 12.3. The van der Waals surface area contributed by atoms with E-state index in [2.05, 4.69) is 39.9 Å². The summed E-state index contributed by atoms with van der Waals surface area (Å²) in [6.45, 7) is 3.98. The number of fused-ring (bicyclic) bond motifs is 3. The van der Waals surface area contributed by atoms with Gasteiger partial charge in [0.2, 0.25) is 0 Å². The van der Waals surface area contributed by atoms with E-state index in [0.717, 1.165) is 11.1 Å². The SMILES string of the molecule is CC(C)C(NC(=O)c1csc(CCNC(=O)OCC2c3ccccc3-c3ccccc32)n1)C(=O)O. The number of thiazole rings is 1. The highest BCUT2D eigenvalue weighted by atomic mass is 32.1. The number of hydrogen-bond acceptors (Lipinski definition) is 6. The fourth-order valence-electron chi connectivity index (χ4n) is 4.18. The Morgan fingerprint density at radius 2 is 1.69 bits per heavy atom. The minimum atomic E-state index is -1.09. The van der Waals surface area contributed by atoms with Crippen LogP contribution in [0.2, 0.25) is 0 Å². The molecule has 35 heavy (non-hydrogen) atoms. The molecule has 0 radical (unpaired) electrons. The Bertz CT molecular complexity index is 1190. The highest BCUT2D eigenvalue weighted by Gasteiger charge is 2.29. The van der Waals surface area contributed by atoms with Crippen LogP contribution in [0.4, 0.5) is 4.79 Å². The molecule has 2 aromatic carbocycles. The first-order valence-corrected chi connectivity index (χ1v) is 12.3. The van der Waals surface area contributed by atoms with Gasteiger partial charge in [-0.1, -0.05) is 62.4 Å². The summed E-state index contributed by atoms with van der Waals surface area (Å²) in [4.78, 5) is 40.2. The van der Waals surface area contributed by atoms with E-state index in [4.69, 9.17) is 4.74 Å². The third kappa shape index (κ3) is 5.51. The molecule has 1 aromatic heterocycles. The minimum Gasteiger partial charge on any atom is -0.480 e. The molecule has 1 unspecified atom stereocenters. The van der Waals surface area contributed by atoms with E-state index in [0.29, 0.717) is 18.0 Å². The predicted octanol–water partition coefficient (Wildman–Crippen LogP) is 4.06. The van der Waals surface area contributed by atoms with Crippen molar-refractivity contribution < 1.29 is 24.2 Å². The molecule has 9 heteroatoms. The Balaban J connectivity index is 1.26. The lowest BCUT2D eigenvalue weighted by Crippen LogP contribution is -2.44. The number of nitrogens with zero attached hydrogens (tertiary/aromatic N) is 1. The Kier molecular flexibility index (Phi) is 7.45. The summed E-state index contributed by atoms with van der Waals surface area (Å²) in [7, 11) is 0. The van der Waals surface area contributed by atoms with Crippen molar-refractivity contribution in [3.05, 3.63) is 75.7 Å². The summed E-state index contributed by atoms with van der Waals surface area (Å²) in [6.07, 6.45) is -0.0862. The zero-order chi connectivity index (χ0) is 24.9. The first kappa shape index (κ1) is 24.4. The van der Waals surface area contributed by atoms with Gasteiger partial charge in [0.05, 0.1) is 5.01 Å². The third-order valence-electron chi connectivity index (χ3n) is 5.96. The Hall–Kier alpha value is -3.72. The van der Waals surface area contributed by atoms with Crippen LogP contribution in [0.15, 0.2) is 53.9 Å². The van der Waals surface area contributed by atoms with Crippen LogP contribution in [0, 0.1) is 5.92 Å². The fraction of sp³-hybridized carbons (Fsp3) is 0.308. The number of rotatable bonds is 9. The molecule has 2 amide bonds. The molecular formula is C26H27N3O5S. The van der Waals surface area contributed by atoms with Gasteiger partial charge < -0.3 is 20.5 Å². The van der Waals surface area contributed by atoms with Gasteiger partial charge in [0.25, 0.3) is 5.91 Å². The van der Waals surface area contributed by atoms with Crippen molar-refractivity contribution in [3.63, 3.8) is 0 Å². The summed E-state index contributed by atoms with van der Waals surface area (Å²) in [6, 6.07) is 15.3. The first-order valence-electron chi connectivity index (χ1n) is 11.4. The quantitative estimate of drug-likeness (QED) is 0.414. The molecular weight excluding hydrogens is 466 g/mol. The first-order chi connectivity index (χ1) is 16.8. The zero-order valence-electron chi connectivity index (χ0n) is 19.5. The highest BCUT2D eigenvalue weighted by Crippen LogP contribution is 2.44. The number of nitrogens with one attached hydrogen (secondary N) is 2. The van der Waals surface area contributed by atoms with Crippen LogP contribution in [-0.2, 0) is 16.0 Å². The summed E-state index contributed by atoms with van der Waals surface area (Å²) < 4.78 is 5.52. The molecule has 0 spiro atoms. The molecule has 8 nitrogen and oxygen atoms in total. The Labute approximate surface area is 207 Å². The van der Waals surface area contributed by atoms with Crippen LogP contribution in [0.3, 0.4) is 0 Å². The van der Waals surface area contributed by atoms with Gasteiger partial charge >= 0.3 is 12.1 Å². The number of carbonyl (C=O) groups is 3. The average Bonchev–Trinajstić information content (AvgIpc) is 3.44. The van der Waals surface area contributed by atoms with Gasteiger partial charge in [-0.3, -0.25) is 4.79 Å². The van der Waals surface area contributed by atoms with E-state index < -0.39 is 24.0 Å². The van der Waals surface area contributed by atoms with Crippen LogP contribution in [0.5, 0.6) is 0 Å². The van der Waals surface area contributed by atoms with Gasteiger partial charge in [-0.05, 0) is 28.2 Å². The van der Waals surface area contributed by atoms with Crippen LogP contribution in [0.25, 0.3) is 11.1 Å². The second-order valence-electron chi connectivity index (χ2n) is 8.66. The number of hydrogen-bond donors (Lipinski definition) is 3. The van der Waals surface area contributed by atoms with Crippen LogP contribution >= 0.6 is 11.3 Å². The molecule has 0 bridgehead atoms. The van der Waals surface area contributed by atoms with Gasteiger partial charge in [-0.15, -0.1) is 11.3 Å². The maximum absolute atomic E-state index is 12.3. The van der Waals surface area contributed by atoms with Crippen molar-refractivity contribution >= 4 is 29.3 Å². The van der Waals surface area contributed by atoms with Gasteiger partial charge in [0.1, 0.15) is 18.3 Å². The van der Waals surface area contributed by atoms with Crippen molar-refractivity contribution in [2.75, 3.05) is 13.2 Å². The van der Waals surface area contributed by atoms with Crippen LogP contribution in [0.1, 0.15) is 46.4 Å². The number of benzene rings is 2. The van der Waals surface area contributed by atoms with Crippen molar-refractivity contribution in [2.45, 2.75) is 32.2 Å². The van der Waals surface area contributed by atoms with Crippen LogP contribution < -0.4 is 10.6 Å². The van der Waals surface area contributed by atoms with Gasteiger partial charge in [-0.2, -0.15) is 0 Å². The number of aromatic nitrogens is 1. The second-order valence-corrected chi connectivity index (χ2v) is 9.60. The molecule has 0 fully saturated rings. The number of ether oxygens (including phenoxy) is 1. The minimum absolute atomic E-state index is 0.00588. The standard InChI is InChI=1S/C26H27N3O5S/c1-15(2)23(25(31)32)29-24(30)21-14-35-22(28-21)11-12-27-26(33)34-13-20-18-9-5-3-7-16(18)17-8-4-6-10-19(17)20/h3-10,14-15,20,23H,11-13H2,1-2H3,(H,27,33)(H,29,30)(H,31,32). The molecule has 3 aromatic rings. The lowest BCUT2D eigenvalue weighted by atomic mass is 9.98. The van der Waals surface area contributed by atoms with E-state index >= 15 is 0 Å². The molecule has 182 valence electrons. The lowest BCUT2D eigenvalue weighted by molar-refractivity contribution is -0.140. The van der Waals surface area contributed by atoms with E-state index in [1.165, 1.54) is 22.5 Å². The molecule has 0 saturated heterocycles. The molecule has 3 N–H and O–H groups in total. The molecule has 1 heterocycles. The summed E-state index contributed by atoms with van der Waals surface area (Å²) in [5.41, 5.74) is 4.81.